The van der Waals surface area contributed by atoms with Gasteiger partial charge in [0.15, 0.2) is 0 Å². The molecule has 3 rings (SSSR count). The van der Waals surface area contributed by atoms with E-state index in [2.05, 4.69) is 10.4 Å². The standard InChI is InChI=1S/C23H21F6N5O3/c1-32(2)12-11-30-19(35)18-20(36)33(13-14-3-5-15(6-4-14)22(24,25)26)21(37)34(31-18)17-9-7-16(8-10-17)23(27,28)29/h3-10H,11-13H2,1-2H3,(H,30,35). The number of amides is 1. The summed E-state index contributed by atoms with van der Waals surface area (Å²) in [5.41, 5.74) is -4.90. The summed E-state index contributed by atoms with van der Waals surface area (Å²) >= 11 is 0. The van der Waals surface area contributed by atoms with Gasteiger partial charge >= 0.3 is 18.0 Å². The van der Waals surface area contributed by atoms with Crippen LogP contribution >= 0.6 is 0 Å². The molecule has 0 spiro atoms. The van der Waals surface area contributed by atoms with E-state index in [0.717, 1.165) is 36.4 Å². The summed E-state index contributed by atoms with van der Waals surface area (Å²) in [5.74, 6) is -0.936. The average molecular weight is 529 g/mol. The number of nitrogens with one attached hydrogen (secondary N) is 1. The normalized spacial score (nSPS) is 12.1. The molecule has 8 nitrogen and oxygen atoms in total. The molecular formula is C23H21F6N5O3. The maximum Gasteiger partial charge on any atom is 0.416 e. The number of halogens is 6. The van der Waals surface area contributed by atoms with Crippen molar-refractivity contribution in [3.05, 3.63) is 91.8 Å². The Bertz CT molecular complexity index is 1370. The number of carbonyl (C=O) groups excluding carboxylic acids is 1. The number of hydrogen-bond donors (Lipinski definition) is 1. The van der Waals surface area contributed by atoms with Gasteiger partial charge in [-0.25, -0.2) is 4.79 Å². The molecule has 37 heavy (non-hydrogen) atoms. The van der Waals surface area contributed by atoms with Gasteiger partial charge in [0, 0.05) is 13.1 Å². The summed E-state index contributed by atoms with van der Waals surface area (Å²) in [4.78, 5) is 40.6. The van der Waals surface area contributed by atoms with Crippen LogP contribution in [0.25, 0.3) is 5.69 Å². The molecule has 2 aromatic carbocycles. The SMILES string of the molecule is CN(C)CCNC(=O)c1nn(-c2ccc(C(F)(F)F)cc2)c(=O)n(Cc2ccc(C(F)(F)F)cc2)c1=O. The molecule has 1 N–H and O–H groups in total. The van der Waals surface area contributed by atoms with E-state index in [-0.39, 0.29) is 17.8 Å². The van der Waals surface area contributed by atoms with Crippen molar-refractivity contribution >= 4 is 5.91 Å². The van der Waals surface area contributed by atoms with Gasteiger partial charge in [-0.2, -0.15) is 36.1 Å². The Morgan fingerprint density at radius 1 is 0.892 bits per heavy atom. The van der Waals surface area contributed by atoms with Crippen LogP contribution in [0.2, 0.25) is 0 Å². The number of carbonyl (C=O) groups is 1. The first-order chi connectivity index (χ1) is 17.2. The molecule has 1 amide bonds. The fourth-order valence-corrected chi connectivity index (χ4v) is 3.21. The van der Waals surface area contributed by atoms with Crippen molar-refractivity contribution < 1.29 is 31.1 Å². The van der Waals surface area contributed by atoms with E-state index in [9.17, 15) is 40.7 Å². The summed E-state index contributed by atoms with van der Waals surface area (Å²) in [7, 11) is 3.48. The van der Waals surface area contributed by atoms with E-state index in [1.807, 2.05) is 0 Å². The quantitative estimate of drug-likeness (QED) is 0.476. The largest absolute Gasteiger partial charge is 0.416 e. The van der Waals surface area contributed by atoms with E-state index in [0.29, 0.717) is 27.9 Å². The lowest BCUT2D eigenvalue weighted by molar-refractivity contribution is -0.138. The van der Waals surface area contributed by atoms with E-state index < -0.39 is 52.9 Å². The van der Waals surface area contributed by atoms with Crippen LogP contribution in [0.3, 0.4) is 0 Å². The van der Waals surface area contributed by atoms with Crippen LogP contribution in [-0.4, -0.2) is 52.3 Å². The maximum absolute atomic E-state index is 13.1. The van der Waals surface area contributed by atoms with Crippen molar-refractivity contribution in [3.8, 4) is 5.69 Å². The Balaban J connectivity index is 2.09. The van der Waals surface area contributed by atoms with Gasteiger partial charge < -0.3 is 10.2 Å². The second-order valence-electron chi connectivity index (χ2n) is 8.23. The number of rotatable bonds is 7. The third-order valence-corrected chi connectivity index (χ3v) is 5.18. The van der Waals surface area contributed by atoms with Crippen LogP contribution < -0.4 is 16.6 Å². The Labute approximate surface area is 205 Å². The van der Waals surface area contributed by atoms with Gasteiger partial charge in [-0.3, -0.25) is 14.2 Å². The van der Waals surface area contributed by atoms with Crippen molar-refractivity contribution in [1.82, 2.24) is 24.6 Å². The molecule has 0 aliphatic heterocycles. The van der Waals surface area contributed by atoms with Crippen LogP contribution in [0.1, 0.15) is 27.2 Å². The average Bonchev–Trinajstić information content (AvgIpc) is 2.81. The molecule has 1 aromatic heterocycles. The highest BCUT2D eigenvalue weighted by Gasteiger charge is 2.31. The second-order valence-corrected chi connectivity index (χ2v) is 8.23. The van der Waals surface area contributed by atoms with Gasteiger partial charge in [0.05, 0.1) is 23.4 Å². The summed E-state index contributed by atoms with van der Waals surface area (Å²) in [5, 5.41) is 6.26. The Kier molecular flexibility index (Phi) is 7.91. The van der Waals surface area contributed by atoms with Crippen LogP contribution in [0.15, 0.2) is 58.1 Å². The van der Waals surface area contributed by atoms with Crippen LogP contribution in [-0.2, 0) is 18.9 Å². The van der Waals surface area contributed by atoms with Crippen LogP contribution in [0, 0.1) is 0 Å². The second kappa shape index (κ2) is 10.6. The van der Waals surface area contributed by atoms with E-state index >= 15 is 0 Å². The molecule has 1 heterocycles. The number of likely N-dealkylation sites (N-methyl/N-ethyl adjacent to an activating group) is 1. The third kappa shape index (κ3) is 6.64. The molecule has 0 saturated carbocycles. The lowest BCUT2D eigenvalue weighted by atomic mass is 10.1. The lowest BCUT2D eigenvalue weighted by Gasteiger charge is -2.14. The fourth-order valence-electron chi connectivity index (χ4n) is 3.21. The summed E-state index contributed by atoms with van der Waals surface area (Å²) < 4.78 is 78.7. The molecule has 0 aliphatic rings. The van der Waals surface area contributed by atoms with Gasteiger partial charge in [0.2, 0.25) is 5.69 Å². The summed E-state index contributed by atoms with van der Waals surface area (Å²) in [6, 6.07) is 6.95. The number of hydrogen-bond acceptors (Lipinski definition) is 5. The van der Waals surface area contributed by atoms with Crippen molar-refractivity contribution in [2.24, 2.45) is 0 Å². The Morgan fingerprint density at radius 3 is 1.89 bits per heavy atom. The van der Waals surface area contributed by atoms with Gasteiger partial charge in [0.25, 0.3) is 11.5 Å². The molecule has 3 aromatic rings. The zero-order chi connectivity index (χ0) is 27.5. The molecular weight excluding hydrogens is 508 g/mol. The van der Waals surface area contributed by atoms with Gasteiger partial charge in [-0.1, -0.05) is 12.1 Å². The Hall–Kier alpha value is -3.94. The number of nitrogens with zero attached hydrogens (tertiary/aromatic N) is 4. The fraction of sp³-hybridized carbons (Fsp3) is 0.304. The summed E-state index contributed by atoms with van der Waals surface area (Å²) in [6.07, 6.45) is -9.24. The van der Waals surface area contributed by atoms with E-state index in [1.165, 1.54) is 0 Å². The number of alkyl halides is 6. The molecule has 0 aliphatic carbocycles. The highest BCUT2D eigenvalue weighted by atomic mass is 19.4. The third-order valence-electron chi connectivity index (χ3n) is 5.18. The van der Waals surface area contributed by atoms with Crippen LogP contribution in [0.5, 0.6) is 0 Å². The van der Waals surface area contributed by atoms with Gasteiger partial charge in [0.1, 0.15) is 0 Å². The summed E-state index contributed by atoms with van der Waals surface area (Å²) in [6.45, 7) is 0.00618. The van der Waals surface area contributed by atoms with Crippen molar-refractivity contribution in [2.75, 3.05) is 27.2 Å². The van der Waals surface area contributed by atoms with Crippen molar-refractivity contribution in [2.45, 2.75) is 18.9 Å². The number of aromatic nitrogens is 3. The minimum Gasteiger partial charge on any atom is -0.349 e. The first-order valence-corrected chi connectivity index (χ1v) is 10.7. The van der Waals surface area contributed by atoms with Crippen LogP contribution in [0.4, 0.5) is 26.3 Å². The van der Waals surface area contributed by atoms with Gasteiger partial charge in [-0.15, -0.1) is 0 Å². The Morgan fingerprint density at radius 2 is 1.41 bits per heavy atom. The molecule has 0 radical (unpaired) electrons. The van der Waals surface area contributed by atoms with E-state index in [1.54, 1.807) is 19.0 Å². The monoisotopic (exact) mass is 529 g/mol. The van der Waals surface area contributed by atoms with E-state index in [4.69, 9.17) is 0 Å². The predicted octanol–water partition coefficient (Wildman–Crippen LogP) is 2.77. The highest BCUT2D eigenvalue weighted by Crippen LogP contribution is 2.30. The maximum atomic E-state index is 13.1. The smallest absolute Gasteiger partial charge is 0.349 e. The first-order valence-electron chi connectivity index (χ1n) is 10.7. The zero-order valence-electron chi connectivity index (χ0n) is 19.5. The molecule has 0 saturated heterocycles. The highest BCUT2D eigenvalue weighted by molar-refractivity contribution is 5.91. The lowest BCUT2D eigenvalue weighted by Crippen LogP contribution is -2.46. The zero-order valence-corrected chi connectivity index (χ0v) is 19.5. The first kappa shape index (κ1) is 27.6. The topological polar surface area (TPSA) is 89.2 Å². The van der Waals surface area contributed by atoms with Crippen molar-refractivity contribution in [3.63, 3.8) is 0 Å². The van der Waals surface area contributed by atoms with Crippen molar-refractivity contribution in [1.29, 1.82) is 0 Å². The molecule has 0 fully saturated rings. The molecule has 0 atom stereocenters. The minimum atomic E-state index is -4.64. The van der Waals surface area contributed by atoms with Gasteiger partial charge in [-0.05, 0) is 56.1 Å². The molecule has 0 bridgehead atoms. The predicted molar refractivity (Wildman–Crippen MR) is 121 cm³/mol. The minimum absolute atomic E-state index is 0.116. The molecule has 0 unspecified atom stereocenters. The number of benzene rings is 2. The molecule has 198 valence electrons. The molecule has 14 heteroatoms.